The maximum atomic E-state index is 11.0. The summed E-state index contributed by atoms with van der Waals surface area (Å²) in [5.41, 5.74) is 4.47. The van der Waals surface area contributed by atoms with Gasteiger partial charge < -0.3 is 10.2 Å². The van der Waals surface area contributed by atoms with E-state index in [2.05, 4.69) is 39.6 Å². The zero-order valence-corrected chi connectivity index (χ0v) is 23.8. The summed E-state index contributed by atoms with van der Waals surface area (Å²) in [6.45, 7) is 14.0. The van der Waals surface area contributed by atoms with Crippen molar-refractivity contribution in [2.75, 3.05) is 13.6 Å². The van der Waals surface area contributed by atoms with Crippen LogP contribution in [0.1, 0.15) is 71.1 Å². The molecule has 3 rings (SSSR count). The smallest absolute Gasteiger partial charge is 0.127 e. The quantitative estimate of drug-likeness (QED) is 0.275. The molecule has 0 bridgehead atoms. The minimum atomic E-state index is -0.0240. The summed E-state index contributed by atoms with van der Waals surface area (Å²) in [7, 11) is 2.09. The number of benzene rings is 3. The predicted octanol–water partition coefficient (Wildman–Crippen LogP) is 8.10. The average molecular weight is 503 g/mol. The lowest BCUT2D eigenvalue weighted by molar-refractivity contribution is 0.125. The molecule has 4 nitrogen and oxygen atoms in total. The molecule has 0 radical (unpaired) electrons. The number of para-hydroxylation sites is 2. The van der Waals surface area contributed by atoms with Crippen LogP contribution in [0.25, 0.3) is 11.1 Å². The number of aryl methyl sites for hydroxylation is 1. The van der Waals surface area contributed by atoms with Gasteiger partial charge in [-0.15, -0.1) is 0 Å². The SMILES string of the molecule is CC.CCCCc1cccc(C=NCC(N(C)Cc2cccc(-c3ccccc3)c2O)C(C)(C)C)c1O. The fourth-order valence-corrected chi connectivity index (χ4v) is 4.56. The summed E-state index contributed by atoms with van der Waals surface area (Å²) in [4.78, 5) is 7.01. The number of phenolic OH excluding ortho intramolecular Hbond substituents is 2. The maximum absolute atomic E-state index is 11.0. The van der Waals surface area contributed by atoms with Crippen molar-refractivity contribution in [1.82, 2.24) is 4.90 Å². The largest absolute Gasteiger partial charge is 0.507 e. The number of rotatable bonds is 10. The van der Waals surface area contributed by atoms with Gasteiger partial charge in [0, 0.05) is 35.5 Å². The van der Waals surface area contributed by atoms with Crippen molar-refractivity contribution in [3.63, 3.8) is 0 Å². The first-order chi connectivity index (χ1) is 17.7. The number of hydrogen-bond acceptors (Lipinski definition) is 4. The van der Waals surface area contributed by atoms with E-state index in [0.717, 1.165) is 47.1 Å². The second kappa shape index (κ2) is 14.6. The first-order valence-electron chi connectivity index (χ1n) is 13.6. The topological polar surface area (TPSA) is 56.1 Å². The lowest BCUT2D eigenvalue weighted by Gasteiger charge is -2.37. The van der Waals surface area contributed by atoms with Gasteiger partial charge in [-0.05, 0) is 42.5 Å². The van der Waals surface area contributed by atoms with Crippen LogP contribution in [0.3, 0.4) is 0 Å². The molecule has 200 valence electrons. The molecular weight excluding hydrogens is 456 g/mol. The molecule has 0 amide bonds. The second-order valence-corrected chi connectivity index (χ2v) is 10.4. The van der Waals surface area contributed by atoms with Crippen molar-refractivity contribution in [3.8, 4) is 22.6 Å². The lowest BCUT2D eigenvalue weighted by atomic mass is 9.85. The highest BCUT2D eigenvalue weighted by Crippen LogP contribution is 2.34. The Kier molecular flexibility index (Phi) is 11.9. The van der Waals surface area contributed by atoms with Gasteiger partial charge in [-0.1, -0.05) is 109 Å². The van der Waals surface area contributed by atoms with E-state index in [1.165, 1.54) is 0 Å². The third-order valence-corrected chi connectivity index (χ3v) is 6.62. The highest BCUT2D eigenvalue weighted by atomic mass is 16.3. The number of unbranched alkanes of at least 4 members (excludes halogenated alkanes) is 1. The van der Waals surface area contributed by atoms with E-state index >= 15 is 0 Å². The number of likely N-dealkylation sites (N-methyl/N-ethyl adjacent to an activating group) is 1. The summed E-state index contributed by atoms with van der Waals surface area (Å²) >= 11 is 0. The molecule has 2 N–H and O–H groups in total. The Morgan fingerprint density at radius 3 is 2.16 bits per heavy atom. The standard InChI is InChI=1S/C31H40N2O2.C2H6/c1-6-7-13-24-16-11-17-25(29(24)34)20-32-21-28(31(2,3)4)33(5)22-26-18-12-19-27(30(26)35)23-14-9-8-10-15-23;1-2/h8-12,14-20,28,34-35H,6-7,13,21-22H2,1-5H3;1-2H3. The minimum absolute atomic E-state index is 0.0240. The van der Waals surface area contributed by atoms with Crippen LogP contribution in [-0.4, -0.2) is 41.0 Å². The van der Waals surface area contributed by atoms with Crippen LogP contribution in [0, 0.1) is 5.41 Å². The molecule has 0 fully saturated rings. The summed E-state index contributed by atoms with van der Waals surface area (Å²) in [5, 5.41) is 21.7. The first-order valence-corrected chi connectivity index (χ1v) is 13.6. The highest BCUT2D eigenvalue weighted by molar-refractivity contribution is 5.84. The number of aliphatic imine (C=N–C) groups is 1. The van der Waals surface area contributed by atoms with Gasteiger partial charge in [0.1, 0.15) is 11.5 Å². The van der Waals surface area contributed by atoms with Crippen LogP contribution in [0.4, 0.5) is 0 Å². The molecule has 0 heterocycles. The zero-order chi connectivity index (χ0) is 27.4. The Labute approximate surface area is 224 Å². The normalized spacial score (nSPS) is 12.4. The Hall–Kier alpha value is -3.11. The molecule has 3 aromatic carbocycles. The zero-order valence-electron chi connectivity index (χ0n) is 23.8. The predicted molar refractivity (Wildman–Crippen MR) is 159 cm³/mol. The number of aromatic hydroxyl groups is 2. The van der Waals surface area contributed by atoms with Gasteiger partial charge in [-0.2, -0.15) is 0 Å². The minimum Gasteiger partial charge on any atom is -0.507 e. The monoisotopic (exact) mass is 502 g/mol. The third-order valence-electron chi connectivity index (χ3n) is 6.62. The maximum Gasteiger partial charge on any atom is 0.127 e. The molecule has 0 saturated heterocycles. The van der Waals surface area contributed by atoms with E-state index in [0.29, 0.717) is 24.6 Å². The Morgan fingerprint density at radius 1 is 0.865 bits per heavy atom. The van der Waals surface area contributed by atoms with Crippen molar-refractivity contribution in [2.45, 2.75) is 73.4 Å². The Bertz CT molecular complexity index is 1120. The molecule has 3 aromatic rings. The molecule has 0 spiro atoms. The number of hydrogen-bond donors (Lipinski definition) is 2. The van der Waals surface area contributed by atoms with Gasteiger partial charge in [-0.25, -0.2) is 0 Å². The van der Waals surface area contributed by atoms with Crippen molar-refractivity contribution >= 4 is 6.21 Å². The molecular formula is C33H46N2O2. The van der Waals surface area contributed by atoms with Gasteiger partial charge in [0.15, 0.2) is 0 Å². The molecule has 0 aliphatic heterocycles. The van der Waals surface area contributed by atoms with Gasteiger partial charge >= 0.3 is 0 Å². The van der Waals surface area contributed by atoms with Gasteiger partial charge in [0.25, 0.3) is 0 Å². The van der Waals surface area contributed by atoms with Gasteiger partial charge in [0.2, 0.25) is 0 Å². The highest BCUT2D eigenvalue weighted by Gasteiger charge is 2.28. The van der Waals surface area contributed by atoms with E-state index in [1.54, 1.807) is 6.21 Å². The second-order valence-electron chi connectivity index (χ2n) is 10.4. The number of nitrogens with zero attached hydrogens (tertiary/aromatic N) is 2. The van der Waals surface area contributed by atoms with Crippen molar-refractivity contribution < 1.29 is 10.2 Å². The molecule has 1 atom stereocenters. The Morgan fingerprint density at radius 2 is 1.51 bits per heavy atom. The van der Waals surface area contributed by atoms with Crippen LogP contribution < -0.4 is 0 Å². The van der Waals surface area contributed by atoms with Crippen LogP contribution in [-0.2, 0) is 13.0 Å². The molecule has 1 unspecified atom stereocenters. The summed E-state index contributed by atoms with van der Waals surface area (Å²) in [6.07, 6.45) is 4.83. The van der Waals surface area contributed by atoms with E-state index in [-0.39, 0.29) is 11.5 Å². The molecule has 0 aliphatic carbocycles. The van der Waals surface area contributed by atoms with Crippen molar-refractivity contribution in [3.05, 3.63) is 83.4 Å². The van der Waals surface area contributed by atoms with Crippen molar-refractivity contribution in [2.24, 2.45) is 10.4 Å². The van der Waals surface area contributed by atoms with Crippen LogP contribution in [0.5, 0.6) is 11.5 Å². The van der Waals surface area contributed by atoms with E-state index < -0.39 is 0 Å². The molecule has 0 aromatic heterocycles. The summed E-state index contributed by atoms with van der Waals surface area (Å²) in [6, 6.07) is 22.0. The number of phenols is 2. The van der Waals surface area contributed by atoms with Crippen LogP contribution >= 0.6 is 0 Å². The fraction of sp³-hybridized carbons (Fsp3) is 0.424. The van der Waals surface area contributed by atoms with E-state index in [1.807, 2.05) is 80.6 Å². The van der Waals surface area contributed by atoms with E-state index in [9.17, 15) is 10.2 Å². The molecule has 4 heteroatoms. The van der Waals surface area contributed by atoms with Crippen molar-refractivity contribution in [1.29, 1.82) is 0 Å². The lowest BCUT2D eigenvalue weighted by Crippen LogP contribution is -2.43. The average Bonchev–Trinajstić information content (AvgIpc) is 2.89. The summed E-state index contributed by atoms with van der Waals surface area (Å²) in [5.74, 6) is 0.670. The molecule has 0 aliphatic rings. The van der Waals surface area contributed by atoms with Gasteiger partial charge in [0.05, 0.1) is 6.54 Å². The molecule has 0 saturated carbocycles. The fourth-order valence-electron chi connectivity index (χ4n) is 4.56. The summed E-state index contributed by atoms with van der Waals surface area (Å²) < 4.78 is 0. The molecule has 37 heavy (non-hydrogen) atoms. The van der Waals surface area contributed by atoms with E-state index in [4.69, 9.17) is 4.99 Å². The van der Waals surface area contributed by atoms with Crippen LogP contribution in [0.2, 0.25) is 0 Å². The first kappa shape index (κ1) is 30.1. The van der Waals surface area contributed by atoms with Crippen LogP contribution in [0.15, 0.2) is 71.7 Å². The Balaban J connectivity index is 0.00000235. The third kappa shape index (κ3) is 8.46. The van der Waals surface area contributed by atoms with Gasteiger partial charge in [-0.3, -0.25) is 9.89 Å².